The van der Waals surface area contributed by atoms with E-state index in [0.29, 0.717) is 0 Å². The van der Waals surface area contributed by atoms with E-state index in [9.17, 15) is 4.79 Å². The van der Waals surface area contributed by atoms with Gasteiger partial charge in [-0.3, -0.25) is 14.4 Å². The van der Waals surface area contributed by atoms with Crippen LogP contribution >= 0.6 is 0 Å². The monoisotopic (exact) mass is 298 g/mol. The third-order valence-electron chi connectivity index (χ3n) is 0.690. The first kappa shape index (κ1) is 26.8. The van der Waals surface area contributed by atoms with Gasteiger partial charge in [0.05, 0.1) is 6.61 Å². The lowest BCUT2D eigenvalue weighted by Gasteiger charge is -2.05. The van der Waals surface area contributed by atoms with Gasteiger partial charge in [-0.25, -0.2) is 0 Å². The number of esters is 1. The normalized spacial score (nSPS) is 9.15. The fourth-order valence-corrected chi connectivity index (χ4v) is 0.266. The van der Waals surface area contributed by atoms with E-state index in [0.717, 1.165) is 13.8 Å². The highest BCUT2D eigenvalue weighted by Crippen LogP contribution is 1.82. The first-order valence-corrected chi connectivity index (χ1v) is 5.86. The lowest BCUT2D eigenvalue weighted by atomic mass is 10.4. The number of carboxylic acid groups (broad SMARTS) is 2. The number of carboxylic acids is 2. The van der Waals surface area contributed by atoms with Gasteiger partial charge in [0.15, 0.2) is 0 Å². The van der Waals surface area contributed by atoms with Crippen LogP contribution in [0.1, 0.15) is 41.0 Å². The van der Waals surface area contributed by atoms with Gasteiger partial charge >= 0.3 is 5.97 Å². The number of aliphatic hydroxyl groups excluding tert-OH is 2. The summed E-state index contributed by atoms with van der Waals surface area (Å²) in [4.78, 5) is 28.0. The second-order valence-corrected chi connectivity index (χ2v) is 3.38. The van der Waals surface area contributed by atoms with Crippen molar-refractivity contribution in [1.82, 2.24) is 0 Å². The van der Waals surface area contributed by atoms with E-state index in [1.807, 2.05) is 0 Å². The molecule has 0 heterocycles. The van der Waals surface area contributed by atoms with Crippen LogP contribution in [0.2, 0.25) is 0 Å². The van der Waals surface area contributed by atoms with Gasteiger partial charge in [-0.05, 0) is 0 Å². The molecule has 0 bridgehead atoms. The molecule has 0 amide bonds. The van der Waals surface area contributed by atoms with Crippen LogP contribution < -0.4 is 0 Å². The van der Waals surface area contributed by atoms with E-state index in [1.165, 1.54) is 13.3 Å². The highest BCUT2D eigenvalue weighted by molar-refractivity contribution is 5.65. The number of hydrogen-bond donors (Lipinski definition) is 4. The summed E-state index contributed by atoms with van der Waals surface area (Å²) in [5.41, 5.74) is 0. The Morgan fingerprint density at radius 2 is 1.25 bits per heavy atom. The molecule has 20 heavy (non-hydrogen) atoms. The smallest absolute Gasteiger partial charge is 0.302 e. The summed E-state index contributed by atoms with van der Waals surface area (Å²) in [5.74, 6) is -2.12. The van der Waals surface area contributed by atoms with Crippen molar-refractivity contribution in [2.45, 2.75) is 47.1 Å². The summed E-state index contributed by atoms with van der Waals surface area (Å²) < 4.78 is 4.35. The van der Waals surface area contributed by atoms with Crippen molar-refractivity contribution in [3.8, 4) is 0 Å². The predicted molar refractivity (Wildman–Crippen MR) is 72.3 cm³/mol. The zero-order valence-corrected chi connectivity index (χ0v) is 12.6. The number of aliphatic hydroxyl groups is 2. The Morgan fingerprint density at radius 3 is 1.40 bits per heavy atom. The summed E-state index contributed by atoms with van der Waals surface area (Å²) in [7, 11) is 0. The number of rotatable bonds is 3. The molecule has 1 unspecified atom stereocenters. The zero-order chi connectivity index (χ0) is 17.1. The van der Waals surface area contributed by atoms with Crippen LogP contribution in [0.3, 0.4) is 0 Å². The summed E-state index contributed by atoms with van der Waals surface area (Å²) >= 11 is 0. The molecule has 0 aliphatic rings. The molecule has 0 saturated heterocycles. The third kappa shape index (κ3) is 135. The lowest BCUT2D eigenvalue weighted by Crippen LogP contribution is -2.20. The predicted octanol–water partition coefficient (Wildman–Crippen LogP) is 0.501. The lowest BCUT2D eigenvalue weighted by molar-refractivity contribution is -0.144. The number of carbonyl (C=O) groups is 3. The molecule has 0 aromatic rings. The molecule has 0 aromatic heterocycles. The van der Waals surface area contributed by atoms with Crippen molar-refractivity contribution in [1.29, 1.82) is 0 Å². The van der Waals surface area contributed by atoms with Crippen molar-refractivity contribution in [2.24, 2.45) is 0 Å². The molecule has 1 atom stereocenters. The van der Waals surface area contributed by atoms with Crippen LogP contribution in [0, 0.1) is 0 Å². The minimum Gasteiger partial charge on any atom is -0.481 e. The Labute approximate surface area is 119 Å². The largest absolute Gasteiger partial charge is 0.481 e. The maximum atomic E-state index is 10.0. The molecule has 0 aromatic carbocycles. The van der Waals surface area contributed by atoms with Crippen molar-refractivity contribution in [2.75, 3.05) is 13.2 Å². The Kier molecular flexibility index (Phi) is 30.2. The van der Waals surface area contributed by atoms with Crippen molar-refractivity contribution >= 4 is 17.9 Å². The molecule has 0 aliphatic heterocycles. The number of ether oxygens (including phenoxy) is 1. The van der Waals surface area contributed by atoms with E-state index in [4.69, 9.17) is 30.0 Å². The van der Waals surface area contributed by atoms with E-state index >= 15 is 0 Å². The van der Waals surface area contributed by atoms with Crippen LogP contribution in [0.15, 0.2) is 0 Å². The van der Waals surface area contributed by atoms with E-state index in [-0.39, 0.29) is 13.2 Å². The molecular weight excluding hydrogens is 272 g/mol. The summed E-state index contributed by atoms with van der Waals surface area (Å²) in [6, 6.07) is 0. The minimum absolute atomic E-state index is 0.133. The van der Waals surface area contributed by atoms with Gasteiger partial charge in [0.1, 0.15) is 12.7 Å². The second kappa shape index (κ2) is 22.5. The molecule has 0 saturated carbocycles. The Hall–Kier alpha value is -1.67. The molecular formula is C12H26O8. The SMILES string of the molecule is CC(=O)O.CC(=O)O.CC(=O)OCC(O)CO.CCC. The fraction of sp³-hybridized carbons (Fsp3) is 0.750. The molecule has 8 heteroatoms. The maximum Gasteiger partial charge on any atom is 0.302 e. The number of carbonyl (C=O) groups excluding carboxylic acids is 1. The minimum atomic E-state index is -0.950. The molecule has 4 N–H and O–H groups in total. The van der Waals surface area contributed by atoms with Crippen LogP contribution in [0.4, 0.5) is 0 Å². The maximum absolute atomic E-state index is 10.0. The van der Waals surface area contributed by atoms with Crippen LogP contribution in [0.25, 0.3) is 0 Å². The summed E-state index contributed by atoms with van der Waals surface area (Å²) in [6.45, 7) is 7.14. The fourth-order valence-electron chi connectivity index (χ4n) is 0.266. The van der Waals surface area contributed by atoms with Crippen molar-refractivity contribution in [3.63, 3.8) is 0 Å². The molecule has 0 fully saturated rings. The van der Waals surface area contributed by atoms with Gasteiger partial charge in [0, 0.05) is 20.8 Å². The zero-order valence-electron chi connectivity index (χ0n) is 12.6. The average molecular weight is 298 g/mol. The van der Waals surface area contributed by atoms with Crippen LogP contribution in [0.5, 0.6) is 0 Å². The van der Waals surface area contributed by atoms with E-state index in [2.05, 4.69) is 18.6 Å². The van der Waals surface area contributed by atoms with Gasteiger partial charge in [-0.1, -0.05) is 20.3 Å². The van der Waals surface area contributed by atoms with Gasteiger partial charge in [0.2, 0.25) is 0 Å². The van der Waals surface area contributed by atoms with Crippen molar-refractivity contribution < 1.29 is 39.5 Å². The number of hydrogen-bond acceptors (Lipinski definition) is 6. The first-order chi connectivity index (χ1) is 9.04. The van der Waals surface area contributed by atoms with Crippen LogP contribution in [-0.2, 0) is 19.1 Å². The quantitative estimate of drug-likeness (QED) is 0.552. The molecule has 0 rings (SSSR count). The Morgan fingerprint density at radius 1 is 1.00 bits per heavy atom. The Bertz CT molecular complexity index is 220. The van der Waals surface area contributed by atoms with Gasteiger partial charge in [-0.2, -0.15) is 0 Å². The van der Waals surface area contributed by atoms with Crippen LogP contribution in [-0.4, -0.2) is 57.7 Å². The third-order valence-corrected chi connectivity index (χ3v) is 0.690. The summed E-state index contributed by atoms with van der Waals surface area (Å²) in [5, 5.41) is 31.6. The van der Waals surface area contributed by atoms with E-state index < -0.39 is 24.0 Å². The van der Waals surface area contributed by atoms with E-state index in [1.54, 1.807) is 0 Å². The first-order valence-electron chi connectivity index (χ1n) is 5.86. The average Bonchev–Trinajstić information content (AvgIpc) is 2.25. The highest BCUT2D eigenvalue weighted by Gasteiger charge is 2.02. The Balaban J connectivity index is -0.0000000976. The summed E-state index contributed by atoms with van der Waals surface area (Å²) in [6.07, 6.45) is 0.300. The second-order valence-electron chi connectivity index (χ2n) is 3.38. The number of aliphatic carboxylic acids is 2. The molecule has 0 spiro atoms. The molecule has 0 aliphatic carbocycles. The topological polar surface area (TPSA) is 141 Å². The molecule has 122 valence electrons. The standard InChI is InChI=1S/C5H10O4.C3H8.2C2H4O2/c1-4(7)9-3-5(8)2-6;1-3-2;2*1-2(3)4/h5-6,8H,2-3H2,1H3;3H2,1-2H3;2*1H3,(H,3,4). The molecule has 8 nitrogen and oxygen atoms in total. The molecule has 0 radical (unpaired) electrons. The van der Waals surface area contributed by atoms with Gasteiger partial charge < -0.3 is 25.2 Å². The van der Waals surface area contributed by atoms with Crippen molar-refractivity contribution in [3.05, 3.63) is 0 Å². The van der Waals surface area contributed by atoms with Gasteiger partial charge in [-0.15, -0.1) is 0 Å². The highest BCUT2D eigenvalue weighted by atomic mass is 16.5. The van der Waals surface area contributed by atoms with Gasteiger partial charge in [0.25, 0.3) is 11.9 Å².